The maximum atomic E-state index is 15.9. The Morgan fingerprint density at radius 2 is 2.12 bits per heavy atom. The first-order valence-corrected chi connectivity index (χ1v) is 10.0. The first-order valence-electron chi connectivity index (χ1n) is 10.0. The van der Waals surface area contributed by atoms with Crippen LogP contribution >= 0.6 is 0 Å². The fourth-order valence-electron chi connectivity index (χ4n) is 4.14. The van der Waals surface area contributed by atoms with Gasteiger partial charge in [0.05, 0.1) is 28.8 Å². The van der Waals surface area contributed by atoms with Crippen molar-refractivity contribution in [2.75, 3.05) is 30.3 Å². The topological polar surface area (TPSA) is 136 Å². The van der Waals surface area contributed by atoms with E-state index in [0.717, 1.165) is 12.5 Å². The van der Waals surface area contributed by atoms with Crippen molar-refractivity contribution in [1.82, 2.24) is 4.57 Å². The minimum atomic E-state index is -1.49. The number of aromatic nitrogens is 1. The van der Waals surface area contributed by atoms with Crippen LogP contribution in [0.15, 0.2) is 29.0 Å². The zero-order valence-electron chi connectivity index (χ0n) is 17.4. The summed E-state index contributed by atoms with van der Waals surface area (Å²) in [4.78, 5) is 30.6. The summed E-state index contributed by atoms with van der Waals surface area (Å²) < 4.78 is 32.7. The molecule has 170 valence electrons. The van der Waals surface area contributed by atoms with Crippen molar-refractivity contribution < 1.29 is 23.5 Å². The fourth-order valence-corrected chi connectivity index (χ4v) is 4.14. The van der Waals surface area contributed by atoms with E-state index in [-0.39, 0.29) is 31.2 Å². The first kappa shape index (κ1) is 21.8. The normalized spacial score (nSPS) is 22.0. The Morgan fingerprint density at radius 3 is 2.69 bits per heavy atom. The summed E-state index contributed by atoms with van der Waals surface area (Å²) in [5.74, 6) is -3.61. The number of hydrogen-bond donors (Lipinski definition) is 3. The van der Waals surface area contributed by atoms with Gasteiger partial charge in [-0.05, 0) is 12.8 Å². The third kappa shape index (κ3) is 3.20. The Morgan fingerprint density at radius 1 is 1.44 bits per heavy atom. The van der Waals surface area contributed by atoms with Crippen molar-refractivity contribution in [2.24, 2.45) is 16.3 Å². The van der Waals surface area contributed by atoms with Crippen molar-refractivity contribution in [3.63, 3.8) is 0 Å². The molecule has 9 nitrogen and oxygen atoms in total. The summed E-state index contributed by atoms with van der Waals surface area (Å²) >= 11 is 0. The number of oxime groups is 1. The van der Waals surface area contributed by atoms with Crippen LogP contribution in [0.25, 0.3) is 10.9 Å². The lowest BCUT2D eigenvalue weighted by Gasteiger charge is -2.25. The average Bonchev–Trinajstić information content (AvgIpc) is 3.54. The number of pyridine rings is 1. The number of anilines is 2. The molecule has 1 aliphatic carbocycles. The Bertz CT molecular complexity index is 1240. The van der Waals surface area contributed by atoms with Crippen LogP contribution in [-0.2, 0) is 4.84 Å². The molecule has 2 fully saturated rings. The molecular weight excluding hydrogens is 424 g/mol. The van der Waals surface area contributed by atoms with E-state index in [9.17, 15) is 14.7 Å². The molecule has 0 bridgehead atoms. The Balaban J connectivity index is 1.98. The third-order valence-electron chi connectivity index (χ3n) is 6.12. The van der Waals surface area contributed by atoms with Crippen molar-refractivity contribution in [3.8, 4) is 0 Å². The molecule has 0 amide bonds. The van der Waals surface area contributed by atoms with Gasteiger partial charge in [-0.25, -0.2) is 13.6 Å². The van der Waals surface area contributed by atoms with E-state index in [4.69, 9.17) is 16.3 Å². The minimum absolute atomic E-state index is 0.0151. The molecule has 1 aliphatic heterocycles. The molecule has 2 aromatic rings. The van der Waals surface area contributed by atoms with E-state index in [0.29, 0.717) is 18.6 Å². The molecule has 4 rings (SSSR count). The standard InChI is InChI=1S/C21H23F2N5O4/c1-3-32-26-12-7-27(9-21(12,2)8-24)18-14(22)16(25)13-17(15(18)23)28(10-4-5-10)6-11(19(13)29)20(30)31/h3,6,10H,1,4-5,7-9,24-25H2,2H3,(H,30,31)/b26-12+. The van der Waals surface area contributed by atoms with Gasteiger partial charge in [-0.15, -0.1) is 0 Å². The molecule has 2 aliphatic rings. The number of nitrogen functional groups attached to an aromatic ring is 1. The summed E-state index contributed by atoms with van der Waals surface area (Å²) in [6.07, 6.45) is 3.57. The van der Waals surface area contributed by atoms with Crippen LogP contribution in [0, 0.1) is 17.0 Å². The van der Waals surface area contributed by atoms with E-state index in [1.54, 1.807) is 6.92 Å². The fraction of sp³-hybridized carbons (Fsp3) is 0.381. The van der Waals surface area contributed by atoms with Crippen molar-refractivity contribution in [3.05, 3.63) is 46.5 Å². The number of fused-ring (bicyclic) bond motifs is 1. The molecule has 1 aromatic carbocycles. The smallest absolute Gasteiger partial charge is 0.341 e. The van der Waals surface area contributed by atoms with Gasteiger partial charge in [0, 0.05) is 30.7 Å². The quantitative estimate of drug-likeness (QED) is 0.351. The van der Waals surface area contributed by atoms with Crippen LogP contribution in [0.2, 0.25) is 0 Å². The van der Waals surface area contributed by atoms with E-state index in [1.165, 1.54) is 9.47 Å². The number of nitrogens with two attached hydrogens (primary N) is 2. The molecule has 5 N–H and O–H groups in total. The highest BCUT2D eigenvalue weighted by Gasteiger charge is 2.43. The third-order valence-corrected chi connectivity index (χ3v) is 6.12. The van der Waals surface area contributed by atoms with Gasteiger partial charge >= 0.3 is 5.97 Å². The Labute approximate surface area is 181 Å². The zero-order valence-corrected chi connectivity index (χ0v) is 17.4. The van der Waals surface area contributed by atoms with Crippen molar-refractivity contribution in [1.29, 1.82) is 0 Å². The maximum absolute atomic E-state index is 15.9. The second-order valence-corrected chi connectivity index (χ2v) is 8.36. The molecule has 32 heavy (non-hydrogen) atoms. The van der Waals surface area contributed by atoms with Crippen LogP contribution in [0.1, 0.15) is 36.2 Å². The van der Waals surface area contributed by atoms with Gasteiger partial charge in [0.2, 0.25) is 5.43 Å². The lowest BCUT2D eigenvalue weighted by atomic mass is 9.88. The number of carboxylic acids is 1. The van der Waals surface area contributed by atoms with Gasteiger partial charge in [0.1, 0.15) is 17.5 Å². The van der Waals surface area contributed by atoms with Gasteiger partial charge in [0.15, 0.2) is 11.6 Å². The van der Waals surface area contributed by atoms with E-state index in [1.807, 2.05) is 0 Å². The second kappa shape index (κ2) is 7.59. The number of benzene rings is 1. The molecule has 0 spiro atoms. The van der Waals surface area contributed by atoms with Crippen LogP contribution < -0.4 is 21.8 Å². The highest BCUT2D eigenvalue weighted by atomic mass is 19.1. The molecule has 1 saturated heterocycles. The summed E-state index contributed by atoms with van der Waals surface area (Å²) in [5.41, 5.74) is 8.77. The summed E-state index contributed by atoms with van der Waals surface area (Å²) in [7, 11) is 0. The molecule has 11 heteroatoms. The molecule has 0 radical (unpaired) electrons. The maximum Gasteiger partial charge on any atom is 0.341 e. The number of nitrogens with zero attached hydrogens (tertiary/aromatic N) is 3. The molecule has 1 unspecified atom stereocenters. The molecule has 1 aromatic heterocycles. The SMILES string of the molecule is C=CO/N=C1\CN(c2c(F)c(N)c3c(=O)c(C(=O)O)cn(C4CC4)c3c2F)CC1(C)CN. The van der Waals surface area contributed by atoms with Gasteiger partial charge in [-0.3, -0.25) is 4.79 Å². The number of carbonyl (C=O) groups is 1. The van der Waals surface area contributed by atoms with Crippen LogP contribution in [0.4, 0.5) is 20.2 Å². The molecule has 1 saturated carbocycles. The van der Waals surface area contributed by atoms with Gasteiger partial charge in [-0.1, -0.05) is 18.7 Å². The van der Waals surface area contributed by atoms with E-state index < -0.39 is 50.8 Å². The van der Waals surface area contributed by atoms with Crippen molar-refractivity contribution in [2.45, 2.75) is 25.8 Å². The largest absolute Gasteiger partial charge is 0.477 e. The number of aromatic carboxylic acids is 1. The minimum Gasteiger partial charge on any atom is -0.477 e. The number of hydrogen-bond acceptors (Lipinski definition) is 7. The molecule has 2 heterocycles. The highest BCUT2D eigenvalue weighted by Crippen LogP contribution is 2.43. The van der Waals surface area contributed by atoms with Gasteiger partial charge < -0.3 is 30.9 Å². The van der Waals surface area contributed by atoms with Crippen LogP contribution in [0.5, 0.6) is 0 Å². The average molecular weight is 447 g/mol. The Kier molecular flexibility index (Phi) is 5.16. The molecular formula is C21H23F2N5O4. The van der Waals surface area contributed by atoms with E-state index >= 15 is 8.78 Å². The first-order chi connectivity index (χ1) is 15.1. The summed E-state index contributed by atoms with van der Waals surface area (Å²) in [5, 5.41) is 12.9. The predicted octanol–water partition coefficient (Wildman–Crippen LogP) is 2.20. The monoisotopic (exact) mass is 447 g/mol. The van der Waals surface area contributed by atoms with Crippen LogP contribution in [0.3, 0.4) is 0 Å². The second-order valence-electron chi connectivity index (χ2n) is 8.36. The number of halogens is 2. The zero-order chi connectivity index (χ0) is 23.4. The summed E-state index contributed by atoms with van der Waals surface area (Å²) in [6.45, 7) is 5.50. The predicted molar refractivity (Wildman–Crippen MR) is 116 cm³/mol. The van der Waals surface area contributed by atoms with E-state index in [2.05, 4.69) is 11.7 Å². The number of rotatable bonds is 6. The lowest BCUT2D eigenvalue weighted by molar-refractivity contribution is 0.0695. The molecule has 1 atom stereocenters. The van der Waals surface area contributed by atoms with Crippen LogP contribution in [-0.4, -0.2) is 41.0 Å². The van der Waals surface area contributed by atoms with Gasteiger partial charge in [-0.2, -0.15) is 0 Å². The Hall–Kier alpha value is -3.47. The highest BCUT2D eigenvalue weighted by molar-refractivity contribution is 6.02. The van der Waals surface area contributed by atoms with Crippen molar-refractivity contribution >= 4 is 34.0 Å². The summed E-state index contributed by atoms with van der Waals surface area (Å²) in [6, 6.07) is -0.200. The number of carboxylic acid groups (broad SMARTS) is 1. The van der Waals surface area contributed by atoms with Gasteiger partial charge in [0.25, 0.3) is 0 Å². The lowest BCUT2D eigenvalue weighted by Crippen LogP contribution is -2.36.